The van der Waals surface area contributed by atoms with Crippen molar-refractivity contribution in [3.63, 3.8) is 0 Å². The summed E-state index contributed by atoms with van der Waals surface area (Å²) in [5, 5.41) is 0. The zero-order chi connectivity index (χ0) is 18.4. The molecule has 1 aliphatic carbocycles. The van der Waals surface area contributed by atoms with E-state index in [1.807, 2.05) is 0 Å². The fourth-order valence-electron chi connectivity index (χ4n) is 3.72. The van der Waals surface area contributed by atoms with Crippen LogP contribution < -0.4 is 0 Å². The van der Waals surface area contributed by atoms with Crippen molar-refractivity contribution in [1.82, 2.24) is 0 Å². The third-order valence-electron chi connectivity index (χ3n) is 5.52. The highest BCUT2D eigenvalue weighted by Crippen LogP contribution is 2.49. The molecule has 25 heavy (non-hydrogen) atoms. The summed E-state index contributed by atoms with van der Waals surface area (Å²) in [4.78, 5) is 0. The normalized spacial score (nSPS) is 15.8. The summed E-state index contributed by atoms with van der Waals surface area (Å²) >= 11 is 0. The van der Waals surface area contributed by atoms with Crippen LogP contribution in [0.15, 0.2) is 66.3 Å². The van der Waals surface area contributed by atoms with E-state index in [4.69, 9.17) is 0 Å². The first kappa shape index (κ1) is 17.5. The Kier molecular flexibility index (Phi) is 4.33. The van der Waals surface area contributed by atoms with Crippen LogP contribution in [0.3, 0.4) is 0 Å². The second-order valence-electron chi connectivity index (χ2n) is 7.79. The fourth-order valence-corrected chi connectivity index (χ4v) is 3.72. The molecule has 0 saturated heterocycles. The first-order valence-electron chi connectivity index (χ1n) is 9.02. The van der Waals surface area contributed by atoms with Gasteiger partial charge in [-0.3, -0.25) is 0 Å². The Hall–Kier alpha value is -2.34. The number of hydrogen-bond acceptors (Lipinski definition) is 0. The monoisotopic (exact) mass is 328 g/mol. The predicted molar refractivity (Wildman–Crippen MR) is 111 cm³/mol. The molecule has 0 saturated carbocycles. The van der Waals surface area contributed by atoms with Gasteiger partial charge in [-0.15, -0.1) is 0 Å². The van der Waals surface area contributed by atoms with Gasteiger partial charge in [0, 0.05) is 5.41 Å². The molecule has 1 aliphatic rings. The first-order valence-corrected chi connectivity index (χ1v) is 9.02. The molecule has 0 nitrogen and oxygen atoms in total. The number of allylic oxidation sites excluding steroid dienone is 5. The second kappa shape index (κ2) is 6.19. The topological polar surface area (TPSA) is 0 Å². The summed E-state index contributed by atoms with van der Waals surface area (Å²) in [5.74, 6) is 0. The highest BCUT2D eigenvalue weighted by Gasteiger charge is 2.35. The van der Waals surface area contributed by atoms with Gasteiger partial charge >= 0.3 is 0 Å². The molecule has 3 rings (SSSR count). The Morgan fingerprint density at radius 1 is 0.960 bits per heavy atom. The fraction of sp³-hybridized carbons (Fsp3) is 0.280. The van der Waals surface area contributed by atoms with Gasteiger partial charge in [-0.2, -0.15) is 0 Å². The van der Waals surface area contributed by atoms with Gasteiger partial charge in [-0.1, -0.05) is 74.0 Å². The van der Waals surface area contributed by atoms with E-state index < -0.39 is 0 Å². The van der Waals surface area contributed by atoms with Crippen molar-refractivity contribution in [3.05, 3.63) is 88.5 Å². The first-order chi connectivity index (χ1) is 11.8. The predicted octanol–water partition coefficient (Wildman–Crippen LogP) is 7.23. The SMILES string of the molecule is C=C(C)/C(C)=C\C(=C/C)c1ccc2c(c1)C(C)(C)c1cc(C)ccc1-2. The summed E-state index contributed by atoms with van der Waals surface area (Å²) in [6, 6.07) is 13.8. The van der Waals surface area contributed by atoms with Crippen molar-refractivity contribution in [2.45, 2.75) is 47.0 Å². The molecule has 0 bridgehead atoms. The minimum atomic E-state index is 0.0403. The van der Waals surface area contributed by atoms with Gasteiger partial charge in [0.15, 0.2) is 0 Å². The Labute approximate surface area is 152 Å². The maximum absolute atomic E-state index is 4.06. The Morgan fingerprint density at radius 3 is 2.16 bits per heavy atom. The van der Waals surface area contributed by atoms with Crippen molar-refractivity contribution in [2.75, 3.05) is 0 Å². The van der Waals surface area contributed by atoms with Crippen LogP contribution in [0.4, 0.5) is 0 Å². The largest absolute Gasteiger partial charge is 0.0958 e. The van der Waals surface area contributed by atoms with E-state index in [9.17, 15) is 0 Å². The van der Waals surface area contributed by atoms with E-state index in [1.54, 1.807) is 0 Å². The molecule has 0 radical (unpaired) electrons. The van der Waals surface area contributed by atoms with Crippen molar-refractivity contribution >= 4 is 5.57 Å². The zero-order valence-electron chi connectivity index (χ0n) is 16.3. The molecule has 0 heterocycles. The molecule has 0 N–H and O–H groups in total. The van der Waals surface area contributed by atoms with E-state index >= 15 is 0 Å². The van der Waals surface area contributed by atoms with E-state index in [1.165, 1.54) is 44.5 Å². The smallest absolute Gasteiger partial charge is 0.0159 e. The van der Waals surface area contributed by atoms with Crippen LogP contribution in [-0.4, -0.2) is 0 Å². The van der Waals surface area contributed by atoms with E-state index in [-0.39, 0.29) is 5.41 Å². The van der Waals surface area contributed by atoms with Crippen LogP contribution >= 0.6 is 0 Å². The maximum Gasteiger partial charge on any atom is 0.0159 e. The molecule has 0 heteroatoms. The van der Waals surface area contributed by atoms with E-state index in [0.29, 0.717) is 0 Å². The lowest BCUT2D eigenvalue weighted by Gasteiger charge is -2.22. The highest BCUT2D eigenvalue weighted by molar-refractivity contribution is 5.84. The number of rotatable bonds is 3. The van der Waals surface area contributed by atoms with Crippen LogP contribution in [0.5, 0.6) is 0 Å². The molecule has 0 aromatic heterocycles. The molecular formula is C25H28. The number of aryl methyl sites for hydroxylation is 1. The van der Waals surface area contributed by atoms with Crippen LogP contribution in [0.25, 0.3) is 16.7 Å². The van der Waals surface area contributed by atoms with Crippen LogP contribution in [0.1, 0.15) is 56.9 Å². The third-order valence-corrected chi connectivity index (χ3v) is 5.52. The molecular weight excluding hydrogens is 300 g/mol. The second-order valence-corrected chi connectivity index (χ2v) is 7.79. The number of hydrogen-bond donors (Lipinski definition) is 0. The van der Waals surface area contributed by atoms with Gasteiger partial charge in [-0.05, 0) is 72.7 Å². The van der Waals surface area contributed by atoms with Crippen LogP contribution in [-0.2, 0) is 5.41 Å². The summed E-state index contributed by atoms with van der Waals surface area (Å²) in [6.45, 7) is 17.2. The van der Waals surface area contributed by atoms with Gasteiger partial charge in [-0.25, -0.2) is 0 Å². The summed E-state index contributed by atoms with van der Waals surface area (Å²) < 4.78 is 0. The summed E-state index contributed by atoms with van der Waals surface area (Å²) in [5.41, 5.74) is 11.9. The van der Waals surface area contributed by atoms with Crippen LogP contribution in [0, 0.1) is 6.92 Å². The minimum absolute atomic E-state index is 0.0403. The lowest BCUT2D eigenvalue weighted by molar-refractivity contribution is 0.659. The van der Waals surface area contributed by atoms with Crippen LogP contribution in [0.2, 0.25) is 0 Å². The van der Waals surface area contributed by atoms with Gasteiger partial charge in [0.25, 0.3) is 0 Å². The molecule has 0 amide bonds. The highest BCUT2D eigenvalue weighted by atomic mass is 14.4. The van der Waals surface area contributed by atoms with Gasteiger partial charge in [0.05, 0.1) is 0 Å². The van der Waals surface area contributed by atoms with Crippen molar-refractivity contribution < 1.29 is 0 Å². The quantitative estimate of drug-likeness (QED) is 0.521. The minimum Gasteiger partial charge on any atom is -0.0958 e. The molecule has 0 fully saturated rings. The maximum atomic E-state index is 4.06. The summed E-state index contributed by atoms with van der Waals surface area (Å²) in [6.07, 6.45) is 4.43. The third kappa shape index (κ3) is 2.91. The standard InChI is InChI=1S/C25H28/c1-8-19(14-18(5)16(2)3)20-10-12-22-21-11-9-17(4)13-23(21)25(6,7)24(22)15-20/h8-15H,2H2,1,3-7H3/b18-14-,19-8+. The number of fused-ring (bicyclic) bond motifs is 3. The van der Waals surface area contributed by atoms with Crippen molar-refractivity contribution in [2.24, 2.45) is 0 Å². The van der Waals surface area contributed by atoms with Crippen molar-refractivity contribution in [1.29, 1.82) is 0 Å². The van der Waals surface area contributed by atoms with Gasteiger partial charge in [0.2, 0.25) is 0 Å². The average Bonchev–Trinajstić information content (AvgIpc) is 2.79. The Bertz CT molecular complexity index is 917. The molecule has 128 valence electrons. The lowest BCUT2D eigenvalue weighted by atomic mass is 9.81. The van der Waals surface area contributed by atoms with Crippen molar-refractivity contribution in [3.8, 4) is 11.1 Å². The van der Waals surface area contributed by atoms with Gasteiger partial charge < -0.3 is 0 Å². The molecule has 2 aromatic carbocycles. The van der Waals surface area contributed by atoms with E-state index in [0.717, 1.165) is 5.57 Å². The molecule has 0 atom stereocenters. The molecule has 0 spiro atoms. The average molecular weight is 328 g/mol. The zero-order valence-corrected chi connectivity index (χ0v) is 16.3. The van der Waals surface area contributed by atoms with Gasteiger partial charge in [0.1, 0.15) is 0 Å². The molecule has 2 aromatic rings. The molecule has 0 aliphatic heterocycles. The summed E-state index contributed by atoms with van der Waals surface area (Å²) in [7, 11) is 0. The lowest BCUT2D eigenvalue weighted by Crippen LogP contribution is -2.15. The Balaban J connectivity index is 2.14. The number of benzene rings is 2. The Morgan fingerprint density at radius 2 is 1.56 bits per heavy atom. The van der Waals surface area contributed by atoms with E-state index in [2.05, 4.69) is 96.7 Å². The molecule has 0 unspecified atom stereocenters.